The third-order valence-corrected chi connectivity index (χ3v) is 4.43. The molecule has 0 aromatic carbocycles. The largest absolute Gasteiger partial charge is 0.330 e. The number of imidazole rings is 1. The predicted molar refractivity (Wildman–Crippen MR) is 94.3 cm³/mol. The molecule has 1 aliphatic heterocycles. The van der Waals surface area contributed by atoms with Crippen molar-refractivity contribution in [3.05, 3.63) is 36.5 Å². The maximum Gasteiger partial charge on any atom is 0.247 e. The number of likely N-dealkylation sites (tertiary alicyclic amines) is 1. The molecule has 3 heterocycles. The van der Waals surface area contributed by atoms with Crippen molar-refractivity contribution >= 4 is 17.5 Å². The van der Waals surface area contributed by atoms with E-state index in [1.165, 1.54) is 0 Å². The fourth-order valence-electron chi connectivity index (χ4n) is 3.21. The first kappa shape index (κ1) is 17.1. The first-order valence-electron chi connectivity index (χ1n) is 8.54. The normalized spacial score (nSPS) is 15.7. The van der Waals surface area contributed by atoms with Crippen LogP contribution >= 0.6 is 0 Å². The van der Waals surface area contributed by atoms with E-state index in [1.807, 2.05) is 43.7 Å². The average molecular weight is 341 g/mol. The first-order chi connectivity index (χ1) is 12.0. The van der Waals surface area contributed by atoms with Gasteiger partial charge >= 0.3 is 0 Å². The van der Waals surface area contributed by atoms with Crippen LogP contribution in [0.25, 0.3) is 5.82 Å². The van der Waals surface area contributed by atoms with Gasteiger partial charge in [0.15, 0.2) is 0 Å². The van der Waals surface area contributed by atoms with Crippen LogP contribution in [0.4, 0.5) is 5.69 Å². The molecule has 25 heavy (non-hydrogen) atoms. The lowest BCUT2D eigenvalue weighted by Crippen LogP contribution is -2.47. The van der Waals surface area contributed by atoms with Gasteiger partial charge in [0.2, 0.25) is 11.8 Å². The minimum atomic E-state index is -0.453. The molecular weight excluding hydrogens is 318 g/mol. The van der Waals surface area contributed by atoms with Gasteiger partial charge < -0.3 is 10.2 Å². The van der Waals surface area contributed by atoms with Gasteiger partial charge in [-0.25, -0.2) is 9.97 Å². The number of hydrogen-bond acceptors (Lipinski definition) is 4. The highest BCUT2D eigenvalue weighted by Crippen LogP contribution is 2.21. The second kappa shape index (κ2) is 7.04. The molecule has 1 unspecified atom stereocenters. The first-order valence-corrected chi connectivity index (χ1v) is 8.54. The van der Waals surface area contributed by atoms with E-state index < -0.39 is 6.04 Å². The Balaban J connectivity index is 1.73. The lowest BCUT2D eigenvalue weighted by atomic mass is 10.0. The maximum atomic E-state index is 12.7. The fourth-order valence-corrected chi connectivity index (χ4v) is 3.21. The topological polar surface area (TPSA) is 80.1 Å². The summed E-state index contributed by atoms with van der Waals surface area (Å²) >= 11 is 0. The summed E-state index contributed by atoms with van der Waals surface area (Å²) in [6.45, 7) is 6.46. The van der Waals surface area contributed by atoms with Gasteiger partial charge in [0.1, 0.15) is 17.7 Å². The van der Waals surface area contributed by atoms with Crippen LogP contribution in [0.5, 0.6) is 0 Å². The Kier molecular flexibility index (Phi) is 4.83. The van der Waals surface area contributed by atoms with E-state index in [0.717, 1.165) is 18.1 Å². The molecule has 0 radical (unpaired) electrons. The van der Waals surface area contributed by atoms with Gasteiger partial charge in [-0.15, -0.1) is 0 Å². The summed E-state index contributed by atoms with van der Waals surface area (Å²) in [7, 11) is 0. The Bertz CT molecular complexity index is 766. The van der Waals surface area contributed by atoms with Gasteiger partial charge in [-0.3, -0.25) is 14.2 Å². The zero-order valence-electron chi connectivity index (χ0n) is 14.8. The van der Waals surface area contributed by atoms with Crippen molar-refractivity contribution < 1.29 is 9.59 Å². The number of aryl methyl sites for hydroxylation is 1. The zero-order chi connectivity index (χ0) is 18.0. The van der Waals surface area contributed by atoms with Gasteiger partial charge in [0.25, 0.3) is 0 Å². The summed E-state index contributed by atoms with van der Waals surface area (Å²) in [4.78, 5) is 35.0. The van der Waals surface area contributed by atoms with Crippen LogP contribution < -0.4 is 5.32 Å². The Labute approximate surface area is 147 Å². The van der Waals surface area contributed by atoms with Gasteiger partial charge in [-0.1, -0.05) is 13.8 Å². The summed E-state index contributed by atoms with van der Waals surface area (Å²) < 4.78 is 1.87. The van der Waals surface area contributed by atoms with Crippen molar-refractivity contribution in [2.24, 2.45) is 5.92 Å². The minimum absolute atomic E-state index is 0.0443. The van der Waals surface area contributed by atoms with E-state index >= 15 is 0 Å². The Hall–Kier alpha value is -2.70. The van der Waals surface area contributed by atoms with Gasteiger partial charge in [0.05, 0.1) is 11.9 Å². The highest BCUT2D eigenvalue weighted by Gasteiger charge is 2.34. The molecule has 7 nitrogen and oxygen atoms in total. The van der Waals surface area contributed by atoms with Gasteiger partial charge in [0, 0.05) is 25.4 Å². The molecule has 2 amide bonds. The van der Waals surface area contributed by atoms with Crippen molar-refractivity contribution in [2.45, 2.75) is 39.7 Å². The van der Waals surface area contributed by atoms with E-state index in [4.69, 9.17) is 0 Å². The molecule has 1 N–H and O–H groups in total. The molecule has 132 valence electrons. The quantitative estimate of drug-likeness (QED) is 0.904. The summed E-state index contributed by atoms with van der Waals surface area (Å²) in [6.07, 6.45) is 6.51. The summed E-state index contributed by atoms with van der Waals surface area (Å²) in [5, 5.41) is 2.89. The summed E-state index contributed by atoms with van der Waals surface area (Å²) in [5.74, 6) is 1.51. The predicted octanol–water partition coefficient (Wildman–Crippen LogP) is 2.16. The minimum Gasteiger partial charge on any atom is -0.330 e. The van der Waals surface area contributed by atoms with Crippen molar-refractivity contribution in [1.82, 2.24) is 19.4 Å². The molecular formula is C18H23N5O2. The van der Waals surface area contributed by atoms with Crippen LogP contribution in [0.15, 0.2) is 30.7 Å². The fraction of sp³-hybridized carbons (Fsp3) is 0.444. The molecule has 2 aromatic rings. The maximum absolute atomic E-state index is 12.7. The Morgan fingerprint density at radius 3 is 2.60 bits per heavy atom. The molecule has 0 spiro atoms. The second-order valence-electron chi connectivity index (χ2n) is 6.62. The number of nitrogens with one attached hydrogen (secondary N) is 1. The van der Waals surface area contributed by atoms with Crippen LogP contribution in [0.2, 0.25) is 0 Å². The van der Waals surface area contributed by atoms with E-state index in [2.05, 4.69) is 15.3 Å². The summed E-state index contributed by atoms with van der Waals surface area (Å²) in [6, 6.07) is 3.18. The molecule has 7 heteroatoms. The van der Waals surface area contributed by atoms with Crippen LogP contribution in [0.3, 0.4) is 0 Å². The standard InChI is InChI=1S/C18H23N5O2/c1-12(2)17(23-9-4-5-16(23)24)18(25)21-14-6-7-15(20-11-14)22-10-8-19-13(22)3/h6-8,10-12,17H,4-5,9H2,1-3H3,(H,21,25). The number of rotatable bonds is 5. The molecule has 1 fully saturated rings. The zero-order valence-corrected chi connectivity index (χ0v) is 14.8. The second-order valence-corrected chi connectivity index (χ2v) is 6.62. The number of hydrogen-bond donors (Lipinski definition) is 1. The molecule has 0 bridgehead atoms. The number of pyridine rings is 1. The highest BCUT2D eigenvalue weighted by atomic mass is 16.2. The number of carbonyl (C=O) groups is 2. The smallest absolute Gasteiger partial charge is 0.247 e. The molecule has 2 aromatic heterocycles. The van der Waals surface area contributed by atoms with Crippen molar-refractivity contribution in [3.8, 4) is 5.82 Å². The number of amides is 2. The SMILES string of the molecule is Cc1nccn1-c1ccc(NC(=O)C(C(C)C)N2CCCC2=O)cn1. The van der Waals surface area contributed by atoms with Crippen LogP contribution in [0.1, 0.15) is 32.5 Å². The Morgan fingerprint density at radius 2 is 2.08 bits per heavy atom. The van der Waals surface area contributed by atoms with Crippen molar-refractivity contribution in [3.63, 3.8) is 0 Å². The molecule has 1 aliphatic rings. The van der Waals surface area contributed by atoms with E-state index in [-0.39, 0.29) is 17.7 Å². The molecule has 1 atom stereocenters. The van der Waals surface area contributed by atoms with Crippen molar-refractivity contribution in [2.75, 3.05) is 11.9 Å². The number of aromatic nitrogens is 3. The molecule has 1 saturated heterocycles. The van der Waals surface area contributed by atoms with Gasteiger partial charge in [-0.05, 0) is 31.4 Å². The van der Waals surface area contributed by atoms with Crippen LogP contribution in [-0.4, -0.2) is 43.8 Å². The molecule has 0 saturated carbocycles. The van der Waals surface area contributed by atoms with Crippen LogP contribution in [-0.2, 0) is 9.59 Å². The van der Waals surface area contributed by atoms with Crippen molar-refractivity contribution in [1.29, 1.82) is 0 Å². The highest BCUT2D eigenvalue weighted by molar-refractivity contribution is 5.97. The molecule has 3 rings (SSSR count). The van der Waals surface area contributed by atoms with Crippen LogP contribution in [0, 0.1) is 12.8 Å². The van der Waals surface area contributed by atoms with E-state index in [1.54, 1.807) is 17.3 Å². The lowest BCUT2D eigenvalue weighted by molar-refractivity contribution is -0.136. The third-order valence-electron chi connectivity index (χ3n) is 4.43. The Morgan fingerprint density at radius 1 is 1.28 bits per heavy atom. The van der Waals surface area contributed by atoms with E-state index in [0.29, 0.717) is 18.7 Å². The monoisotopic (exact) mass is 341 g/mol. The number of carbonyl (C=O) groups excluding carboxylic acids is 2. The third kappa shape index (κ3) is 3.55. The lowest BCUT2D eigenvalue weighted by Gasteiger charge is -2.29. The molecule has 0 aliphatic carbocycles. The summed E-state index contributed by atoms with van der Waals surface area (Å²) in [5.41, 5.74) is 0.615. The number of nitrogens with zero attached hydrogens (tertiary/aromatic N) is 4. The number of anilines is 1. The average Bonchev–Trinajstić information content (AvgIpc) is 3.17. The van der Waals surface area contributed by atoms with Gasteiger partial charge in [-0.2, -0.15) is 0 Å². The van der Waals surface area contributed by atoms with E-state index in [9.17, 15) is 9.59 Å².